The smallest absolute Gasteiger partial charge is 0.349 e. The maximum atomic E-state index is 11.3. The summed E-state index contributed by atoms with van der Waals surface area (Å²) < 4.78 is 10.1. The SMILES string of the molecule is COC(=O)C(C)(C)Oc1ccccc1. The van der Waals surface area contributed by atoms with Gasteiger partial charge in [0.2, 0.25) is 0 Å². The molecule has 0 amide bonds. The lowest BCUT2D eigenvalue weighted by atomic mass is 10.1. The molecule has 0 saturated carbocycles. The number of carbonyl (C=O) groups excluding carboxylic acids is 1. The van der Waals surface area contributed by atoms with Crippen molar-refractivity contribution in [3.63, 3.8) is 0 Å². The van der Waals surface area contributed by atoms with Crippen LogP contribution in [0, 0.1) is 0 Å². The van der Waals surface area contributed by atoms with E-state index in [1.165, 1.54) is 7.11 Å². The van der Waals surface area contributed by atoms with Crippen LogP contribution in [0.2, 0.25) is 0 Å². The molecular formula is C11H14O3. The molecular weight excluding hydrogens is 180 g/mol. The summed E-state index contributed by atoms with van der Waals surface area (Å²) >= 11 is 0. The molecule has 0 bridgehead atoms. The predicted molar refractivity (Wildman–Crippen MR) is 53.2 cm³/mol. The minimum Gasteiger partial charge on any atom is -0.476 e. The van der Waals surface area contributed by atoms with Gasteiger partial charge in [-0.3, -0.25) is 0 Å². The number of hydrogen-bond acceptors (Lipinski definition) is 3. The maximum Gasteiger partial charge on any atom is 0.349 e. The Morgan fingerprint density at radius 1 is 1.21 bits per heavy atom. The van der Waals surface area contributed by atoms with Gasteiger partial charge in [0.25, 0.3) is 0 Å². The van der Waals surface area contributed by atoms with Gasteiger partial charge in [0.1, 0.15) is 5.75 Å². The van der Waals surface area contributed by atoms with Gasteiger partial charge in [-0.25, -0.2) is 4.79 Å². The van der Waals surface area contributed by atoms with Gasteiger partial charge in [-0.1, -0.05) is 18.2 Å². The summed E-state index contributed by atoms with van der Waals surface area (Å²) in [7, 11) is 1.35. The van der Waals surface area contributed by atoms with E-state index in [0.29, 0.717) is 5.75 Å². The lowest BCUT2D eigenvalue weighted by Gasteiger charge is -2.23. The highest BCUT2D eigenvalue weighted by Gasteiger charge is 2.30. The number of ether oxygens (including phenoxy) is 2. The Morgan fingerprint density at radius 2 is 1.79 bits per heavy atom. The van der Waals surface area contributed by atoms with E-state index < -0.39 is 5.60 Å². The molecule has 0 aliphatic rings. The molecule has 0 atom stereocenters. The lowest BCUT2D eigenvalue weighted by Crippen LogP contribution is -2.39. The summed E-state index contributed by atoms with van der Waals surface area (Å²) in [5.74, 6) is 0.268. The molecule has 0 unspecified atom stereocenters. The fraction of sp³-hybridized carbons (Fsp3) is 0.364. The van der Waals surface area contributed by atoms with Crippen LogP contribution in [-0.4, -0.2) is 18.7 Å². The number of benzene rings is 1. The van der Waals surface area contributed by atoms with Gasteiger partial charge in [0, 0.05) is 0 Å². The molecule has 0 radical (unpaired) electrons. The Balaban J connectivity index is 2.73. The van der Waals surface area contributed by atoms with Gasteiger partial charge in [0.15, 0.2) is 5.60 Å². The van der Waals surface area contributed by atoms with Crippen molar-refractivity contribution in [3.05, 3.63) is 30.3 Å². The van der Waals surface area contributed by atoms with E-state index in [1.807, 2.05) is 18.2 Å². The van der Waals surface area contributed by atoms with Crippen molar-refractivity contribution < 1.29 is 14.3 Å². The molecule has 3 heteroatoms. The van der Waals surface area contributed by atoms with Gasteiger partial charge >= 0.3 is 5.97 Å². The number of para-hydroxylation sites is 1. The average Bonchev–Trinajstić information content (AvgIpc) is 2.17. The van der Waals surface area contributed by atoms with Crippen molar-refractivity contribution >= 4 is 5.97 Å². The van der Waals surface area contributed by atoms with E-state index in [9.17, 15) is 4.79 Å². The number of rotatable bonds is 3. The standard InChI is InChI=1S/C11H14O3/c1-11(2,10(12)13-3)14-9-7-5-4-6-8-9/h4-8H,1-3H3. The van der Waals surface area contributed by atoms with Crippen LogP contribution in [0.25, 0.3) is 0 Å². The highest BCUT2D eigenvalue weighted by atomic mass is 16.6. The topological polar surface area (TPSA) is 35.5 Å². The zero-order chi connectivity index (χ0) is 10.6. The third kappa shape index (κ3) is 2.49. The van der Waals surface area contributed by atoms with Crippen molar-refractivity contribution in [1.29, 1.82) is 0 Å². The highest BCUT2D eigenvalue weighted by molar-refractivity contribution is 5.78. The lowest BCUT2D eigenvalue weighted by molar-refractivity contribution is -0.156. The number of carbonyl (C=O) groups is 1. The first-order valence-corrected chi connectivity index (χ1v) is 4.39. The number of methoxy groups -OCH3 is 1. The molecule has 1 aromatic carbocycles. The molecule has 0 N–H and O–H groups in total. The zero-order valence-electron chi connectivity index (χ0n) is 8.61. The normalized spacial score (nSPS) is 10.8. The Hall–Kier alpha value is -1.51. The maximum absolute atomic E-state index is 11.3. The van der Waals surface area contributed by atoms with Crippen LogP contribution in [0.4, 0.5) is 0 Å². The van der Waals surface area contributed by atoms with Crippen LogP contribution < -0.4 is 4.74 Å². The molecule has 3 nitrogen and oxygen atoms in total. The van der Waals surface area contributed by atoms with Crippen LogP contribution in [0.15, 0.2) is 30.3 Å². The second-order valence-corrected chi connectivity index (χ2v) is 3.42. The Bertz CT molecular complexity index is 304. The van der Waals surface area contributed by atoms with Crippen molar-refractivity contribution in [2.45, 2.75) is 19.4 Å². The Labute approximate surface area is 83.6 Å². The Morgan fingerprint density at radius 3 is 2.29 bits per heavy atom. The van der Waals surface area contributed by atoms with E-state index in [-0.39, 0.29) is 5.97 Å². The molecule has 0 aromatic heterocycles. The Kier molecular flexibility index (Phi) is 3.12. The minimum atomic E-state index is -0.948. The number of esters is 1. The first kappa shape index (κ1) is 10.6. The molecule has 0 heterocycles. The van der Waals surface area contributed by atoms with E-state index in [4.69, 9.17) is 4.74 Å². The van der Waals surface area contributed by atoms with Crippen LogP contribution >= 0.6 is 0 Å². The highest BCUT2D eigenvalue weighted by Crippen LogP contribution is 2.18. The van der Waals surface area contributed by atoms with Crippen molar-refractivity contribution in [2.75, 3.05) is 7.11 Å². The fourth-order valence-corrected chi connectivity index (χ4v) is 1.07. The molecule has 1 rings (SSSR count). The van der Waals surface area contributed by atoms with Crippen molar-refractivity contribution in [1.82, 2.24) is 0 Å². The molecule has 1 aromatic rings. The number of hydrogen-bond donors (Lipinski definition) is 0. The second-order valence-electron chi connectivity index (χ2n) is 3.42. The summed E-state index contributed by atoms with van der Waals surface area (Å²) in [6, 6.07) is 9.18. The van der Waals surface area contributed by atoms with E-state index in [0.717, 1.165) is 0 Å². The molecule has 0 aliphatic heterocycles. The summed E-state index contributed by atoms with van der Waals surface area (Å²) in [6.07, 6.45) is 0. The second kappa shape index (κ2) is 4.13. The molecule has 14 heavy (non-hydrogen) atoms. The summed E-state index contributed by atoms with van der Waals surface area (Å²) in [4.78, 5) is 11.3. The van der Waals surface area contributed by atoms with Crippen LogP contribution in [-0.2, 0) is 9.53 Å². The van der Waals surface area contributed by atoms with E-state index in [2.05, 4.69) is 4.74 Å². The molecule has 0 aliphatic carbocycles. The first-order chi connectivity index (χ1) is 6.56. The van der Waals surface area contributed by atoms with Crippen LogP contribution in [0.5, 0.6) is 5.75 Å². The predicted octanol–water partition coefficient (Wildman–Crippen LogP) is 2.02. The summed E-state index contributed by atoms with van der Waals surface area (Å²) in [6.45, 7) is 3.34. The quantitative estimate of drug-likeness (QED) is 0.690. The third-order valence-electron chi connectivity index (χ3n) is 1.79. The molecule has 0 spiro atoms. The molecule has 0 saturated heterocycles. The summed E-state index contributed by atoms with van der Waals surface area (Å²) in [5.41, 5.74) is -0.948. The average molecular weight is 194 g/mol. The molecule has 0 fully saturated rings. The third-order valence-corrected chi connectivity index (χ3v) is 1.79. The van der Waals surface area contributed by atoms with Gasteiger partial charge in [-0.15, -0.1) is 0 Å². The fourth-order valence-electron chi connectivity index (χ4n) is 1.07. The van der Waals surface area contributed by atoms with Gasteiger partial charge in [-0.05, 0) is 26.0 Å². The monoisotopic (exact) mass is 194 g/mol. The largest absolute Gasteiger partial charge is 0.476 e. The van der Waals surface area contributed by atoms with Crippen molar-refractivity contribution in [3.8, 4) is 5.75 Å². The minimum absolute atomic E-state index is 0.388. The van der Waals surface area contributed by atoms with E-state index >= 15 is 0 Å². The van der Waals surface area contributed by atoms with Crippen molar-refractivity contribution in [2.24, 2.45) is 0 Å². The first-order valence-electron chi connectivity index (χ1n) is 4.39. The zero-order valence-corrected chi connectivity index (χ0v) is 8.61. The van der Waals surface area contributed by atoms with Gasteiger partial charge < -0.3 is 9.47 Å². The van der Waals surface area contributed by atoms with Gasteiger partial charge in [0.05, 0.1) is 7.11 Å². The van der Waals surface area contributed by atoms with Crippen LogP contribution in [0.3, 0.4) is 0 Å². The van der Waals surface area contributed by atoms with Gasteiger partial charge in [-0.2, -0.15) is 0 Å². The summed E-state index contributed by atoms with van der Waals surface area (Å²) in [5, 5.41) is 0. The molecule has 76 valence electrons. The van der Waals surface area contributed by atoms with Crippen LogP contribution in [0.1, 0.15) is 13.8 Å². The van der Waals surface area contributed by atoms with E-state index in [1.54, 1.807) is 26.0 Å².